The molecule has 0 saturated carbocycles. The van der Waals surface area contributed by atoms with E-state index in [9.17, 15) is 9.18 Å². The molecule has 3 rings (SSSR count). The molecule has 0 radical (unpaired) electrons. The average molecular weight is 382 g/mol. The third-order valence-electron chi connectivity index (χ3n) is 4.36. The van der Waals surface area contributed by atoms with Gasteiger partial charge < -0.3 is 9.88 Å². The van der Waals surface area contributed by atoms with Gasteiger partial charge in [0.05, 0.1) is 11.8 Å². The van der Waals surface area contributed by atoms with Crippen molar-refractivity contribution in [2.45, 2.75) is 27.7 Å². The summed E-state index contributed by atoms with van der Waals surface area (Å²) in [5.41, 5.74) is 3.40. The van der Waals surface area contributed by atoms with Crippen molar-refractivity contribution < 1.29 is 9.18 Å². The molecule has 0 spiro atoms. The Morgan fingerprint density at radius 1 is 1.30 bits per heavy atom. The Morgan fingerprint density at radius 3 is 2.59 bits per heavy atom. The van der Waals surface area contributed by atoms with Crippen LogP contribution >= 0.6 is 11.3 Å². The van der Waals surface area contributed by atoms with Gasteiger partial charge in [0.2, 0.25) is 5.91 Å². The Hall–Kier alpha value is -2.98. The first kappa shape index (κ1) is 18.8. The summed E-state index contributed by atoms with van der Waals surface area (Å²) in [5.74, 6) is -0.663. The summed E-state index contributed by atoms with van der Waals surface area (Å²) in [6, 6.07) is 10.3. The van der Waals surface area contributed by atoms with E-state index in [2.05, 4.69) is 10.3 Å². The van der Waals surface area contributed by atoms with E-state index in [4.69, 9.17) is 5.26 Å². The fourth-order valence-electron chi connectivity index (χ4n) is 2.77. The molecule has 0 aliphatic heterocycles. The molecule has 5 nitrogen and oxygen atoms in total. The zero-order valence-corrected chi connectivity index (χ0v) is 16.3. The second-order valence-electron chi connectivity index (χ2n) is 6.83. The number of hydrogen-bond acceptors (Lipinski definition) is 4. The monoisotopic (exact) mass is 382 g/mol. The zero-order chi connectivity index (χ0) is 19.8. The topological polar surface area (TPSA) is 70.7 Å². The van der Waals surface area contributed by atoms with Crippen molar-refractivity contribution in [2.24, 2.45) is 5.41 Å². The van der Waals surface area contributed by atoms with Crippen LogP contribution in [0.4, 0.5) is 9.52 Å². The van der Waals surface area contributed by atoms with E-state index in [0.29, 0.717) is 5.13 Å². The maximum atomic E-state index is 13.2. The second kappa shape index (κ2) is 6.97. The van der Waals surface area contributed by atoms with E-state index in [1.165, 1.54) is 23.5 Å². The lowest BCUT2D eigenvalue weighted by Crippen LogP contribution is -2.29. The Kier molecular flexibility index (Phi) is 4.85. The van der Waals surface area contributed by atoms with E-state index in [-0.39, 0.29) is 11.7 Å². The molecular formula is C20H19FN4OS. The molecule has 3 aromatic rings. The maximum absolute atomic E-state index is 13.2. The van der Waals surface area contributed by atoms with E-state index < -0.39 is 5.41 Å². The van der Waals surface area contributed by atoms with Crippen molar-refractivity contribution in [1.82, 2.24) is 9.55 Å². The number of aryl methyl sites for hydroxylation is 1. The minimum absolute atomic E-state index is 0.276. The first-order valence-electron chi connectivity index (χ1n) is 8.36. The number of halogens is 1. The molecule has 1 aromatic carbocycles. The minimum atomic E-state index is -1.12. The highest BCUT2D eigenvalue weighted by atomic mass is 32.1. The quantitative estimate of drug-likeness (QED) is 0.701. The molecule has 0 aliphatic carbocycles. The number of thiazole rings is 1. The van der Waals surface area contributed by atoms with Crippen LogP contribution in [0.3, 0.4) is 0 Å². The van der Waals surface area contributed by atoms with Crippen molar-refractivity contribution in [1.29, 1.82) is 5.26 Å². The maximum Gasteiger partial charge on any atom is 0.246 e. The van der Waals surface area contributed by atoms with Crippen LogP contribution < -0.4 is 5.32 Å². The van der Waals surface area contributed by atoms with E-state index in [1.54, 1.807) is 26.0 Å². The highest BCUT2D eigenvalue weighted by Gasteiger charge is 2.28. The van der Waals surface area contributed by atoms with Gasteiger partial charge >= 0.3 is 0 Å². The molecule has 0 saturated heterocycles. The molecule has 0 fully saturated rings. The number of carbonyl (C=O) groups excluding carboxylic acids is 1. The number of carbonyl (C=O) groups is 1. The summed E-state index contributed by atoms with van der Waals surface area (Å²) >= 11 is 1.31. The normalized spacial score (nSPS) is 11.3. The van der Waals surface area contributed by atoms with Crippen molar-refractivity contribution >= 4 is 22.4 Å². The first-order chi connectivity index (χ1) is 12.7. The number of benzene rings is 1. The lowest BCUT2D eigenvalue weighted by molar-refractivity contribution is -0.121. The predicted octanol–water partition coefficient (Wildman–Crippen LogP) is 4.85. The van der Waals surface area contributed by atoms with Crippen molar-refractivity contribution in [3.05, 3.63) is 52.9 Å². The van der Waals surface area contributed by atoms with Gasteiger partial charge in [-0.2, -0.15) is 5.26 Å². The van der Waals surface area contributed by atoms with Crippen LogP contribution in [0.5, 0.6) is 0 Å². The first-order valence-corrected chi connectivity index (χ1v) is 9.24. The summed E-state index contributed by atoms with van der Waals surface area (Å²) < 4.78 is 15.3. The lowest BCUT2D eigenvalue weighted by Gasteiger charge is -2.12. The van der Waals surface area contributed by atoms with Gasteiger partial charge in [-0.3, -0.25) is 4.79 Å². The Balaban J connectivity index is 1.92. The summed E-state index contributed by atoms with van der Waals surface area (Å²) in [5, 5.41) is 14.1. The molecule has 0 atom stereocenters. The highest BCUT2D eigenvalue weighted by molar-refractivity contribution is 7.14. The van der Waals surface area contributed by atoms with Crippen LogP contribution in [0.1, 0.15) is 25.2 Å². The Morgan fingerprint density at radius 2 is 1.96 bits per heavy atom. The van der Waals surface area contributed by atoms with Gasteiger partial charge in [-0.15, -0.1) is 11.3 Å². The highest BCUT2D eigenvalue weighted by Crippen LogP contribution is 2.32. The summed E-state index contributed by atoms with van der Waals surface area (Å²) in [7, 11) is 0. The Bertz CT molecular complexity index is 1040. The smallest absolute Gasteiger partial charge is 0.246 e. The van der Waals surface area contributed by atoms with Gasteiger partial charge in [0.1, 0.15) is 11.2 Å². The molecule has 27 heavy (non-hydrogen) atoms. The molecule has 0 unspecified atom stereocenters. The summed E-state index contributed by atoms with van der Waals surface area (Å²) in [6.45, 7) is 7.08. The third kappa shape index (κ3) is 3.62. The number of nitriles is 1. The van der Waals surface area contributed by atoms with E-state index in [1.807, 2.05) is 35.9 Å². The van der Waals surface area contributed by atoms with Gasteiger partial charge in [-0.25, -0.2) is 9.37 Å². The molecule has 138 valence electrons. The number of nitrogens with one attached hydrogen (secondary N) is 1. The number of aromatic nitrogens is 2. The number of amides is 1. The number of nitrogens with zero attached hydrogens (tertiary/aromatic N) is 3. The second-order valence-corrected chi connectivity index (χ2v) is 7.68. The third-order valence-corrected chi connectivity index (χ3v) is 5.12. The minimum Gasteiger partial charge on any atom is -0.318 e. The number of anilines is 1. The van der Waals surface area contributed by atoms with Crippen LogP contribution in [-0.2, 0) is 4.79 Å². The zero-order valence-electron chi connectivity index (χ0n) is 15.5. The fourth-order valence-corrected chi connectivity index (χ4v) is 3.47. The van der Waals surface area contributed by atoms with Gasteiger partial charge in [0.25, 0.3) is 0 Å². The predicted molar refractivity (Wildman–Crippen MR) is 104 cm³/mol. The number of rotatable bonds is 4. The number of hydrogen-bond donors (Lipinski definition) is 1. The van der Waals surface area contributed by atoms with E-state index in [0.717, 1.165) is 28.3 Å². The van der Waals surface area contributed by atoms with Crippen LogP contribution in [0, 0.1) is 36.4 Å². The van der Waals surface area contributed by atoms with Crippen molar-refractivity contribution in [2.75, 3.05) is 5.32 Å². The lowest BCUT2D eigenvalue weighted by atomic mass is 9.95. The molecule has 7 heteroatoms. The van der Waals surface area contributed by atoms with Crippen molar-refractivity contribution in [3.63, 3.8) is 0 Å². The van der Waals surface area contributed by atoms with Crippen LogP contribution in [0.25, 0.3) is 16.9 Å². The van der Waals surface area contributed by atoms with Gasteiger partial charge in [-0.1, -0.05) is 0 Å². The van der Waals surface area contributed by atoms with Gasteiger partial charge in [0.15, 0.2) is 5.13 Å². The van der Waals surface area contributed by atoms with Gasteiger partial charge in [-0.05, 0) is 58.0 Å². The Labute approximate surface area is 161 Å². The average Bonchev–Trinajstić information content (AvgIpc) is 3.20. The standard InChI is InChI=1S/C20H19FN4OS/c1-12-9-16(13(2)25(12)15-7-5-14(21)6-8-15)17-10-27-19(23-17)24-18(26)20(3,4)11-22/h5-10H,1-4H3,(H,23,24,26). The van der Waals surface area contributed by atoms with E-state index >= 15 is 0 Å². The van der Waals surface area contributed by atoms with Gasteiger partial charge in [0, 0.05) is 28.0 Å². The molecule has 2 heterocycles. The SMILES string of the molecule is Cc1cc(-c2csc(NC(=O)C(C)(C)C#N)n2)c(C)n1-c1ccc(F)cc1. The fraction of sp³-hybridized carbons (Fsp3) is 0.250. The largest absolute Gasteiger partial charge is 0.318 e. The van der Waals surface area contributed by atoms with Crippen molar-refractivity contribution in [3.8, 4) is 23.0 Å². The summed E-state index contributed by atoms with van der Waals surface area (Å²) in [6.07, 6.45) is 0. The molecule has 0 bridgehead atoms. The van der Waals surface area contributed by atoms with Crippen LogP contribution in [-0.4, -0.2) is 15.5 Å². The molecule has 1 N–H and O–H groups in total. The summed E-state index contributed by atoms with van der Waals surface area (Å²) in [4.78, 5) is 16.6. The molecular weight excluding hydrogens is 363 g/mol. The molecule has 1 amide bonds. The van der Waals surface area contributed by atoms with Crippen LogP contribution in [0.15, 0.2) is 35.7 Å². The molecule has 0 aliphatic rings. The molecule has 2 aromatic heterocycles. The van der Waals surface area contributed by atoms with Crippen LogP contribution in [0.2, 0.25) is 0 Å².